The van der Waals surface area contributed by atoms with Crippen molar-refractivity contribution >= 4 is 5.69 Å². The molecule has 0 spiro atoms. The average molecular weight is 167 g/mol. The third-order valence-electron chi connectivity index (χ3n) is 0.862. The van der Waals surface area contributed by atoms with Gasteiger partial charge in [0.15, 0.2) is 0 Å². The zero-order valence-electron chi connectivity index (χ0n) is 8.24. The Kier molecular flexibility index (Phi) is 14.0. The molecule has 0 bridgehead atoms. The van der Waals surface area contributed by atoms with E-state index in [1.54, 1.807) is 24.3 Å². The molecule has 0 fully saturated rings. The van der Waals surface area contributed by atoms with Crippen LogP contribution in [0.15, 0.2) is 35.5 Å². The maximum Gasteiger partial charge on any atom is 0.107 e. The van der Waals surface area contributed by atoms with E-state index in [0.29, 0.717) is 5.69 Å². The quantitative estimate of drug-likeness (QED) is 0.578. The zero-order chi connectivity index (χ0) is 9.82. The molecule has 0 aliphatic rings. The van der Waals surface area contributed by atoms with Crippen LogP contribution in [0.25, 0.3) is 0 Å². The second-order valence-corrected chi connectivity index (χ2v) is 1.43. The lowest BCUT2D eigenvalue weighted by molar-refractivity contribution is 1.50. The van der Waals surface area contributed by atoms with Crippen molar-refractivity contribution in [3.05, 3.63) is 35.2 Å². The molecule has 0 unspecified atom stereocenters. The molecule has 0 aliphatic heterocycles. The van der Waals surface area contributed by atoms with Gasteiger partial charge in [-0.1, -0.05) is 45.9 Å². The molecule has 0 atom stereocenters. The van der Waals surface area contributed by atoms with Gasteiger partial charge in [-0.3, -0.25) is 0 Å². The van der Waals surface area contributed by atoms with Crippen molar-refractivity contribution in [2.24, 2.45) is 5.18 Å². The summed E-state index contributed by atoms with van der Waals surface area (Å²) in [4.78, 5) is 9.76. The van der Waals surface area contributed by atoms with Gasteiger partial charge in [0.2, 0.25) is 0 Å². The van der Waals surface area contributed by atoms with Gasteiger partial charge >= 0.3 is 0 Å². The molecule has 1 rings (SSSR count). The Morgan fingerprint density at radius 1 is 0.917 bits per heavy atom. The molecule has 0 N–H and O–H groups in total. The highest BCUT2D eigenvalue weighted by Gasteiger charge is 1.81. The van der Waals surface area contributed by atoms with E-state index in [-0.39, 0.29) is 0 Å². The van der Waals surface area contributed by atoms with Gasteiger partial charge in [0, 0.05) is 0 Å². The van der Waals surface area contributed by atoms with Crippen molar-refractivity contribution in [1.82, 2.24) is 0 Å². The number of hydrogen-bond acceptors (Lipinski definition) is 2. The van der Waals surface area contributed by atoms with Crippen LogP contribution in [0.4, 0.5) is 5.69 Å². The highest BCUT2D eigenvalue weighted by atomic mass is 16.3. The van der Waals surface area contributed by atoms with Gasteiger partial charge in [-0.25, -0.2) is 0 Å². The summed E-state index contributed by atoms with van der Waals surface area (Å²) in [6.07, 6.45) is 0. The van der Waals surface area contributed by atoms with Crippen molar-refractivity contribution in [3.8, 4) is 0 Å². The Morgan fingerprint density at radius 2 is 1.33 bits per heavy atom. The van der Waals surface area contributed by atoms with Crippen LogP contribution in [0.2, 0.25) is 0 Å². The van der Waals surface area contributed by atoms with E-state index in [4.69, 9.17) is 0 Å². The van der Waals surface area contributed by atoms with Crippen molar-refractivity contribution in [3.63, 3.8) is 0 Å². The molecule has 0 aromatic heterocycles. The van der Waals surface area contributed by atoms with Crippen LogP contribution in [0, 0.1) is 4.91 Å². The first-order chi connectivity index (χ1) is 5.93. The standard InChI is InChI=1S/C6H5NO.2C2H6/c8-7-6-4-2-1-3-5-6;2*1-2/h1-5H;2*1-2H3. The fourth-order valence-electron chi connectivity index (χ4n) is 0.489. The SMILES string of the molecule is CC.CC.O=Nc1ccccc1. The maximum atomic E-state index is 9.76. The molecule has 0 amide bonds. The lowest BCUT2D eigenvalue weighted by Crippen LogP contribution is -1.56. The van der Waals surface area contributed by atoms with Crippen molar-refractivity contribution in [2.75, 3.05) is 0 Å². The summed E-state index contributed by atoms with van der Waals surface area (Å²) in [6.45, 7) is 8.00. The Morgan fingerprint density at radius 3 is 1.58 bits per heavy atom. The maximum absolute atomic E-state index is 9.76. The lowest BCUT2D eigenvalue weighted by atomic mass is 10.3. The van der Waals surface area contributed by atoms with E-state index in [9.17, 15) is 4.91 Å². The van der Waals surface area contributed by atoms with Crippen LogP contribution < -0.4 is 0 Å². The Labute approximate surface area is 74.6 Å². The largest absolute Gasteiger partial charge is 0.145 e. The molecule has 1 aromatic carbocycles. The normalized spacial score (nSPS) is 6.67. The van der Waals surface area contributed by atoms with Crippen molar-refractivity contribution in [1.29, 1.82) is 0 Å². The molecule has 0 heterocycles. The number of nitrogens with zero attached hydrogens (tertiary/aromatic N) is 1. The van der Waals surface area contributed by atoms with Gasteiger partial charge in [-0.2, -0.15) is 0 Å². The summed E-state index contributed by atoms with van der Waals surface area (Å²) in [6, 6.07) is 8.71. The molecule has 68 valence electrons. The minimum absolute atomic E-state index is 0.479. The monoisotopic (exact) mass is 167 g/mol. The van der Waals surface area contributed by atoms with E-state index < -0.39 is 0 Å². The summed E-state index contributed by atoms with van der Waals surface area (Å²) in [5.74, 6) is 0. The number of hydrogen-bond donors (Lipinski definition) is 0. The van der Waals surface area contributed by atoms with Crippen LogP contribution in [-0.4, -0.2) is 0 Å². The lowest BCUT2D eigenvalue weighted by Gasteiger charge is -1.80. The predicted octanol–water partition coefficient (Wildman–Crippen LogP) is 4.14. The van der Waals surface area contributed by atoms with E-state index in [0.717, 1.165) is 0 Å². The molecule has 0 aliphatic carbocycles. The highest BCUT2D eigenvalue weighted by molar-refractivity contribution is 5.34. The Bertz CT molecular complexity index is 172. The minimum atomic E-state index is 0.479. The van der Waals surface area contributed by atoms with Crippen molar-refractivity contribution in [2.45, 2.75) is 27.7 Å². The Hall–Kier alpha value is -1.18. The van der Waals surface area contributed by atoms with Gasteiger partial charge in [0.1, 0.15) is 5.69 Å². The summed E-state index contributed by atoms with van der Waals surface area (Å²) in [7, 11) is 0. The first-order valence-electron chi connectivity index (χ1n) is 4.32. The van der Waals surface area contributed by atoms with E-state index >= 15 is 0 Å². The summed E-state index contributed by atoms with van der Waals surface area (Å²) >= 11 is 0. The molecule has 1 aromatic rings. The zero-order valence-corrected chi connectivity index (χ0v) is 8.24. The predicted molar refractivity (Wildman–Crippen MR) is 54.6 cm³/mol. The third-order valence-corrected chi connectivity index (χ3v) is 0.862. The fraction of sp³-hybridized carbons (Fsp3) is 0.400. The number of benzene rings is 1. The highest BCUT2D eigenvalue weighted by Crippen LogP contribution is 2.07. The molecule has 0 saturated heterocycles. The smallest absolute Gasteiger partial charge is 0.107 e. The second kappa shape index (κ2) is 12.5. The van der Waals surface area contributed by atoms with Crippen LogP contribution in [-0.2, 0) is 0 Å². The molecular weight excluding hydrogens is 150 g/mol. The molecule has 0 radical (unpaired) electrons. The van der Waals surface area contributed by atoms with Crippen LogP contribution in [0.3, 0.4) is 0 Å². The minimum Gasteiger partial charge on any atom is -0.145 e. The van der Waals surface area contributed by atoms with Gasteiger partial charge < -0.3 is 0 Å². The molecule has 0 saturated carbocycles. The summed E-state index contributed by atoms with van der Waals surface area (Å²) in [5, 5.41) is 2.72. The van der Waals surface area contributed by atoms with Crippen LogP contribution in [0.5, 0.6) is 0 Å². The molecule has 2 nitrogen and oxygen atoms in total. The molecular formula is C10H17NO. The van der Waals surface area contributed by atoms with Crippen LogP contribution >= 0.6 is 0 Å². The number of rotatable bonds is 1. The van der Waals surface area contributed by atoms with Gasteiger partial charge in [-0.05, 0) is 17.3 Å². The fourth-order valence-corrected chi connectivity index (χ4v) is 0.489. The number of nitroso groups, excluding NO2 is 1. The molecule has 12 heavy (non-hydrogen) atoms. The average Bonchev–Trinajstić information content (AvgIpc) is 2.25. The van der Waals surface area contributed by atoms with Gasteiger partial charge in [0.05, 0.1) is 0 Å². The van der Waals surface area contributed by atoms with E-state index in [1.165, 1.54) is 0 Å². The van der Waals surface area contributed by atoms with Gasteiger partial charge in [0.25, 0.3) is 0 Å². The second-order valence-electron chi connectivity index (χ2n) is 1.43. The van der Waals surface area contributed by atoms with Gasteiger partial charge in [-0.15, -0.1) is 4.91 Å². The first-order valence-corrected chi connectivity index (χ1v) is 4.32. The topological polar surface area (TPSA) is 29.4 Å². The summed E-state index contributed by atoms with van der Waals surface area (Å²) in [5.41, 5.74) is 0.479. The van der Waals surface area contributed by atoms with E-state index in [2.05, 4.69) is 5.18 Å². The first kappa shape index (κ1) is 13.4. The third kappa shape index (κ3) is 6.93. The Balaban J connectivity index is 0. The van der Waals surface area contributed by atoms with E-state index in [1.807, 2.05) is 33.8 Å². The van der Waals surface area contributed by atoms with Crippen LogP contribution in [0.1, 0.15) is 27.7 Å². The summed E-state index contributed by atoms with van der Waals surface area (Å²) < 4.78 is 0. The van der Waals surface area contributed by atoms with Crippen molar-refractivity contribution < 1.29 is 0 Å². The molecule has 2 heteroatoms.